The molecule has 0 spiro atoms. The van der Waals surface area contributed by atoms with E-state index in [1.165, 1.54) is 15.0 Å². The number of hydrogen-bond donors (Lipinski definition) is 0. The Kier molecular flexibility index (Phi) is 8.14. The van der Waals surface area contributed by atoms with Gasteiger partial charge in [-0.3, -0.25) is 0 Å². The number of hydrogen-bond acceptors (Lipinski definition) is 1. The molecule has 1 nitrogen and oxygen atoms in total. The largest absolute Gasteiger partial charge is 1.00 e. The quantitative estimate of drug-likeness (QED) is 0.568. The second kappa shape index (κ2) is 8.06. The SMILES string of the molecule is COC1(C(C)(C)C2=[C]([Ti+2])CC=C2)CC=CC=C1C(C)(C)C.[Cl-].[Cl-]. The van der Waals surface area contributed by atoms with Crippen molar-refractivity contribution in [3.05, 3.63) is 45.4 Å². The van der Waals surface area contributed by atoms with Crippen molar-refractivity contribution in [1.82, 2.24) is 0 Å². The summed E-state index contributed by atoms with van der Waals surface area (Å²) in [6, 6.07) is 0. The molecule has 2 aliphatic rings. The summed E-state index contributed by atoms with van der Waals surface area (Å²) < 4.78 is 7.73. The Morgan fingerprint density at radius 1 is 1.09 bits per heavy atom. The molecule has 0 saturated heterocycles. The number of rotatable bonds is 3. The van der Waals surface area contributed by atoms with Gasteiger partial charge in [-0.15, -0.1) is 0 Å². The summed E-state index contributed by atoms with van der Waals surface area (Å²) in [7, 11) is 1.87. The van der Waals surface area contributed by atoms with Crippen LogP contribution in [0.2, 0.25) is 0 Å². The van der Waals surface area contributed by atoms with E-state index in [0.29, 0.717) is 0 Å². The fourth-order valence-electron chi connectivity index (χ4n) is 3.85. The molecular formula is C19H27Cl2OTi. The molecule has 2 rings (SSSR count). The van der Waals surface area contributed by atoms with Crippen LogP contribution in [0.15, 0.2) is 45.4 Å². The zero-order valence-corrected chi connectivity index (χ0v) is 18.0. The third-order valence-electron chi connectivity index (χ3n) is 5.01. The molecule has 0 saturated carbocycles. The molecule has 0 N–H and O–H groups in total. The van der Waals surface area contributed by atoms with Gasteiger partial charge in [0.25, 0.3) is 0 Å². The third-order valence-corrected chi connectivity index (χ3v) is 5.75. The molecule has 0 heterocycles. The molecule has 1 unspecified atom stereocenters. The number of ether oxygens (including phenoxy) is 1. The summed E-state index contributed by atoms with van der Waals surface area (Å²) in [6.45, 7) is 11.5. The summed E-state index contributed by atoms with van der Waals surface area (Å²) in [5.41, 5.74) is 2.60. The smallest absolute Gasteiger partial charge is 1.00 e. The minimum absolute atomic E-state index is 0. The Balaban J connectivity index is 0.00000242. The van der Waals surface area contributed by atoms with Crippen LogP contribution in [-0.4, -0.2) is 12.7 Å². The Morgan fingerprint density at radius 3 is 2.13 bits per heavy atom. The molecule has 23 heavy (non-hydrogen) atoms. The minimum Gasteiger partial charge on any atom is -1.00 e. The standard InChI is InChI=1S/C19H27O.2ClH.Ti/c1-17(2,3)16-13-9-10-14-19(16,20-6)18(4,5)15-11-7-8-12-15;;;/h7,9-11,13H,8,14H2,1-6H3;2*1H;/q;;;+2/p-2. The topological polar surface area (TPSA) is 9.23 Å². The van der Waals surface area contributed by atoms with Gasteiger partial charge in [0.1, 0.15) is 0 Å². The van der Waals surface area contributed by atoms with Gasteiger partial charge in [-0.2, -0.15) is 0 Å². The Morgan fingerprint density at radius 2 is 1.70 bits per heavy atom. The molecule has 4 heteroatoms. The van der Waals surface area contributed by atoms with Crippen LogP contribution >= 0.6 is 0 Å². The second-order valence-electron chi connectivity index (χ2n) is 7.62. The van der Waals surface area contributed by atoms with Crippen LogP contribution < -0.4 is 24.8 Å². The first kappa shape index (κ1) is 23.2. The van der Waals surface area contributed by atoms with Crippen LogP contribution in [0, 0.1) is 10.8 Å². The van der Waals surface area contributed by atoms with Crippen molar-refractivity contribution in [1.29, 1.82) is 0 Å². The first-order valence-electron chi connectivity index (χ1n) is 7.71. The van der Waals surface area contributed by atoms with Gasteiger partial charge in [0.15, 0.2) is 0 Å². The Labute approximate surface area is 165 Å². The molecule has 0 amide bonds. The van der Waals surface area contributed by atoms with E-state index >= 15 is 0 Å². The van der Waals surface area contributed by atoms with E-state index in [2.05, 4.69) is 85.4 Å². The minimum atomic E-state index is -0.273. The second-order valence-corrected chi connectivity index (χ2v) is 8.56. The van der Waals surface area contributed by atoms with Gasteiger partial charge in [0.2, 0.25) is 0 Å². The summed E-state index contributed by atoms with van der Waals surface area (Å²) in [4.78, 5) is 0. The van der Waals surface area contributed by atoms with Gasteiger partial charge in [-0.05, 0) is 0 Å². The van der Waals surface area contributed by atoms with Crippen LogP contribution in [0.25, 0.3) is 0 Å². The number of halogens is 2. The first-order valence-corrected chi connectivity index (χ1v) is 8.49. The molecule has 1 atom stereocenters. The van der Waals surface area contributed by atoms with Crippen LogP contribution in [0.5, 0.6) is 0 Å². The molecule has 0 fully saturated rings. The average molecular weight is 390 g/mol. The van der Waals surface area contributed by atoms with E-state index < -0.39 is 0 Å². The van der Waals surface area contributed by atoms with Crippen molar-refractivity contribution in [3.8, 4) is 0 Å². The Bertz CT molecular complexity index is 550. The number of allylic oxidation sites excluding steroid dienone is 5. The van der Waals surface area contributed by atoms with Gasteiger partial charge in [0.05, 0.1) is 0 Å². The number of methoxy groups -OCH3 is 1. The van der Waals surface area contributed by atoms with E-state index in [4.69, 9.17) is 4.74 Å². The van der Waals surface area contributed by atoms with Gasteiger partial charge < -0.3 is 24.8 Å². The van der Waals surface area contributed by atoms with Gasteiger partial charge in [-0.25, -0.2) is 0 Å². The molecule has 2 aliphatic carbocycles. The molecular weight excluding hydrogens is 363 g/mol. The maximum Gasteiger partial charge on any atom is -1.00 e. The maximum atomic E-state index is 6.26. The van der Waals surface area contributed by atoms with E-state index in [-0.39, 0.29) is 41.2 Å². The predicted molar refractivity (Wildman–Crippen MR) is 85.6 cm³/mol. The predicted octanol–water partition coefficient (Wildman–Crippen LogP) is -0.901. The van der Waals surface area contributed by atoms with Crippen LogP contribution in [0.4, 0.5) is 0 Å². The molecule has 0 aliphatic heterocycles. The summed E-state index contributed by atoms with van der Waals surface area (Å²) in [5, 5.41) is 0. The maximum absolute atomic E-state index is 6.26. The fourth-order valence-corrected chi connectivity index (χ4v) is 4.65. The van der Waals surface area contributed by atoms with Gasteiger partial charge in [-0.1, -0.05) is 0 Å². The van der Waals surface area contributed by atoms with Crippen LogP contribution in [-0.2, 0) is 25.2 Å². The summed E-state index contributed by atoms with van der Waals surface area (Å²) in [6.07, 6.45) is 13.3. The molecule has 0 aromatic rings. The van der Waals surface area contributed by atoms with E-state index in [0.717, 1.165) is 12.8 Å². The van der Waals surface area contributed by atoms with E-state index in [1.54, 1.807) is 0 Å². The van der Waals surface area contributed by atoms with Crippen molar-refractivity contribution in [2.45, 2.75) is 53.1 Å². The molecule has 0 aromatic heterocycles. The molecule has 127 valence electrons. The molecule has 0 bridgehead atoms. The third kappa shape index (κ3) is 3.90. The van der Waals surface area contributed by atoms with E-state index in [9.17, 15) is 0 Å². The van der Waals surface area contributed by atoms with Crippen molar-refractivity contribution in [2.24, 2.45) is 10.8 Å². The molecule has 0 aromatic carbocycles. The van der Waals surface area contributed by atoms with Crippen LogP contribution in [0.1, 0.15) is 47.5 Å². The average Bonchev–Trinajstić information content (AvgIpc) is 2.84. The fraction of sp³-hybridized carbons (Fsp3) is 0.579. The zero-order chi connectivity index (χ0) is 15.9. The molecule has 0 radical (unpaired) electrons. The van der Waals surface area contributed by atoms with Gasteiger partial charge in [0, 0.05) is 0 Å². The first-order chi connectivity index (χ1) is 9.67. The van der Waals surface area contributed by atoms with Crippen molar-refractivity contribution >= 4 is 0 Å². The summed E-state index contributed by atoms with van der Waals surface area (Å²) >= 11 is 2.25. The Hall–Kier alpha value is 0.214. The van der Waals surface area contributed by atoms with Crippen molar-refractivity contribution in [3.63, 3.8) is 0 Å². The summed E-state index contributed by atoms with van der Waals surface area (Å²) in [5.74, 6) is 0. The normalized spacial score (nSPS) is 24.3. The monoisotopic (exact) mass is 389 g/mol. The van der Waals surface area contributed by atoms with Crippen molar-refractivity contribution < 1.29 is 50.0 Å². The van der Waals surface area contributed by atoms with Crippen LogP contribution in [0.3, 0.4) is 0 Å². The zero-order valence-electron chi connectivity index (χ0n) is 15.0. The van der Waals surface area contributed by atoms with E-state index in [1.807, 2.05) is 7.11 Å². The van der Waals surface area contributed by atoms with Crippen molar-refractivity contribution in [2.75, 3.05) is 7.11 Å². The van der Waals surface area contributed by atoms with Gasteiger partial charge >= 0.3 is 142 Å².